The predicted octanol–water partition coefficient (Wildman–Crippen LogP) is 2.68. The van der Waals surface area contributed by atoms with Crippen molar-refractivity contribution in [2.45, 2.75) is 26.8 Å². The number of hydrogen-bond acceptors (Lipinski definition) is 3. The first kappa shape index (κ1) is 17.4. The number of guanidine groups is 1. The maximum Gasteiger partial charge on any atom is 0.252 e. The summed E-state index contributed by atoms with van der Waals surface area (Å²) in [5, 5.41) is 5.38. The Hall–Kier alpha value is -2.64. The van der Waals surface area contributed by atoms with Crippen molar-refractivity contribution < 1.29 is 8.78 Å². The molecule has 0 saturated heterocycles. The highest BCUT2D eigenvalue weighted by Gasteiger charge is 2.11. The minimum Gasteiger partial charge on any atom is -0.387 e. The van der Waals surface area contributed by atoms with Crippen LogP contribution in [0.25, 0.3) is 0 Å². The van der Waals surface area contributed by atoms with E-state index in [-0.39, 0.29) is 11.8 Å². The van der Waals surface area contributed by atoms with Crippen LogP contribution in [-0.2, 0) is 0 Å². The lowest BCUT2D eigenvalue weighted by molar-refractivity contribution is 0.580. The van der Waals surface area contributed by atoms with E-state index in [0.29, 0.717) is 0 Å². The van der Waals surface area contributed by atoms with Gasteiger partial charge in [-0.05, 0) is 26.8 Å². The van der Waals surface area contributed by atoms with Gasteiger partial charge in [-0.1, -0.05) is 6.08 Å². The molecular weight excluding hydrogens is 290 g/mol. The average molecular weight is 308 g/mol. The second kappa shape index (κ2) is 8.60. The van der Waals surface area contributed by atoms with E-state index >= 15 is 0 Å². The molecule has 2 N–H and O–H groups in total. The monoisotopic (exact) mass is 308 g/mol. The van der Waals surface area contributed by atoms with E-state index in [1.165, 1.54) is 24.2 Å². The van der Waals surface area contributed by atoms with Gasteiger partial charge < -0.3 is 5.73 Å². The molecule has 0 aromatic rings. The molecule has 22 heavy (non-hydrogen) atoms. The number of halogens is 2. The van der Waals surface area contributed by atoms with Crippen molar-refractivity contribution in [2.24, 2.45) is 25.8 Å². The molecule has 0 fully saturated rings. The maximum atomic E-state index is 13.0. The minimum absolute atomic E-state index is 0.103. The van der Waals surface area contributed by atoms with Crippen molar-refractivity contribution in [3.63, 3.8) is 0 Å². The Morgan fingerprint density at radius 1 is 1.36 bits per heavy atom. The Kier molecular flexibility index (Phi) is 6.81. The van der Waals surface area contributed by atoms with E-state index in [9.17, 15) is 8.78 Å². The number of amidine groups is 1. The van der Waals surface area contributed by atoms with Gasteiger partial charge in [0, 0.05) is 6.20 Å². The van der Waals surface area contributed by atoms with Crippen LogP contribution in [0.5, 0.6) is 0 Å². The van der Waals surface area contributed by atoms with Crippen molar-refractivity contribution in [3.8, 4) is 0 Å². The summed E-state index contributed by atoms with van der Waals surface area (Å²) in [4.78, 5) is 11.8. The van der Waals surface area contributed by atoms with E-state index < -0.39 is 17.7 Å². The van der Waals surface area contributed by atoms with Crippen LogP contribution in [0.1, 0.15) is 20.8 Å². The summed E-state index contributed by atoms with van der Waals surface area (Å²) in [7, 11) is 0. The van der Waals surface area contributed by atoms with Crippen LogP contribution in [0.4, 0.5) is 8.78 Å². The predicted molar refractivity (Wildman–Crippen MR) is 86.2 cm³/mol. The van der Waals surface area contributed by atoms with Crippen LogP contribution in [0.3, 0.4) is 0 Å². The number of nitrogens with two attached hydrogens (primary N) is 1. The van der Waals surface area contributed by atoms with Crippen molar-refractivity contribution in [1.82, 2.24) is 5.01 Å². The lowest BCUT2D eigenvalue weighted by atomic mass is 10.3. The van der Waals surface area contributed by atoms with Crippen molar-refractivity contribution in [3.05, 3.63) is 36.2 Å². The molecule has 8 heteroatoms. The smallest absolute Gasteiger partial charge is 0.252 e. The highest BCUT2D eigenvalue weighted by atomic mass is 19.1. The fourth-order valence-electron chi connectivity index (χ4n) is 1.28. The van der Waals surface area contributed by atoms with Gasteiger partial charge in [0.15, 0.2) is 0 Å². The zero-order valence-electron chi connectivity index (χ0n) is 12.6. The third kappa shape index (κ3) is 6.21. The van der Waals surface area contributed by atoms with Crippen LogP contribution in [-0.4, -0.2) is 35.3 Å². The molecule has 1 heterocycles. The fourth-order valence-corrected chi connectivity index (χ4v) is 1.28. The lowest BCUT2D eigenvalue weighted by Crippen LogP contribution is -2.25. The molecule has 1 rings (SSSR count). The number of nitrogens with zero attached hydrogens (tertiary/aromatic N) is 5. The summed E-state index contributed by atoms with van der Waals surface area (Å²) in [5.74, 6) is -0.552. The lowest BCUT2D eigenvalue weighted by Gasteiger charge is -2.17. The normalized spacial score (nSPS) is 21.1. The molecule has 0 bridgehead atoms. The van der Waals surface area contributed by atoms with Crippen LogP contribution in [0, 0.1) is 0 Å². The first-order chi connectivity index (χ1) is 10.4. The molecule has 1 aliphatic rings. The molecule has 0 aromatic heterocycles. The Bertz CT molecular complexity index is 576. The topological polar surface area (TPSA) is 78.7 Å². The van der Waals surface area contributed by atoms with Crippen molar-refractivity contribution in [1.29, 1.82) is 0 Å². The van der Waals surface area contributed by atoms with Gasteiger partial charge in [0.25, 0.3) is 5.96 Å². The Labute approximate surface area is 127 Å². The maximum absolute atomic E-state index is 13.0. The molecular formula is C14H18F2N6. The third-order valence-corrected chi connectivity index (χ3v) is 2.25. The summed E-state index contributed by atoms with van der Waals surface area (Å²) >= 11 is 0. The van der Waals surface area contributed by atoms with E-state index in [4.69, 9.17) is 5.73 Å². The summed E-state index contributed by atoms with van der Waals surface area (Å²) in [6.45, 7) is 4.41. The summed E-state index contributed by atoms with van der Waals surface area (Å²) in [5.41, 5.74) is 5.51. The Balaban J connectivity index is 2.88. The molecule has 0 radical (unpaired) electrons. The quantitative estimate of drug-likeness (QED) is 0.642. The van der Waals surface area contributed by atoms with Crippen LogP contribution in [0.2, 0.25) is 0 Å². The number of allylic oxidation sites excluding steroid dienone is 3. The standard InChI is InChI=1S/C14H18F2N6/c1-4-12(16)8-18-13-5-6-22(20-9-13)14(21-11(3)17)19-7-10(2)15/h4-9,13H,1-3H3,(H2,17,19,21)/b10-7+,12-4+,18-8-. The first-order valence-electron chi connectivity index (χ1n) is 6.50. The summed E-state index contributed by atoms with van der Waals surface area (Å²) in [6, 6.07) is -0.399. The second-order valence-corrected chi connectivity index (χ2v) is 4.29. The molecule has 1 aliphatic heterocycles. The SMILES string of the molecule is C/C=C(F)\C=N/C1C=CN(C(/N=C(\C)N)=N/C=C(\C)F)N=C1. The van der Waals surface area contributed by atoms with Gasteiger partial charge in [0.1, 0.15) is 17.7 Å². The van der Waals surface area contributed by atoms with E-state index in [1.54, 1.807) is 26.1 Å². The fraction of sp³-hybridized carbons (Fsp3) is 0.286. The van der Waals surface area contributed by atoms with E-state index in [2.05, 4.69) is 20.1 Å². The van der Waals surface area contributed by atoms with Crippen LogP contribution >= 0.6 is 0 Å². The second-order valence-electron chi connectivity index (χ2n) is 4.29. The van der Waals surface area contributed by atoms with E-state index in [0.717, 1.165) is 12.4 Å². The molecule has 0 aromatic carbocycles. The molecule has 1 unspecified atom stereocenters. The molecule has 0 aliphatic carbocycles. The number of aliphatic imine (C=N–C) groups is 3. The zero-order valence-corrected chi connectivity index (χ0v) is 12.6. The van der Waals surface area contributed by atoms with Crippen molar-refractivity contribution in [2.75, 3.05) is 0 Å². The zero-order chi connectivity index (χ0) is 16.5. The minimum atomic E-state index is -0.475. The van der Waals surface area contributed by atoms with Gasteiger partial charge in [-0.2, -0.15) is 10.1 Å². The van der Waals surface area contributed by atoms with Crippen LogP contribution in [0.15, 0.2) is 56.3 Å². The summed E-state index contributed by atoms with van der Waals surface area (Å²) < 4.78 is 25.7. The number of hydrazone groups is 1. The van der Waals surface area contributed by atoms with Gasteiger partial charge in [-0.15, -0.1) is 0 Å². The number of hydrogen-bond donors (Lipinski definition) is 1. The molecule has 1 atom stereocenters. The highest BCUT2D eigenvalue weighted by molar-refractivity contribution is 5.95. The Morgan fingerprint density at radius 2 is 2.09 bits per heavy atom. The van der Waals surface area contributed by atoms with Gasteiger partial charge in [0.05, 0.1) is 24.5 Å². The number of rotatable bonds is 3. The third-order valence-electron chi connectivity index (χ3n) is 2.25. The first-order valence-corrected chi connectivity index (χ1v) is 6.50. The van der Waals surface area contributed by atoms with Gasteiger partial charge >= 0.3 is 0 Å². The van der Waals surface area contributed by atoms with Gasteiger partial charge in [-0.25, -0.2) is 18.8 Å². The molecule has 118 valence electrons. The molecule has 0 saturated carbocycles. The van der Waals surface area contributed by atoms with Gasteiger partial charge in [-0.3, -0.25) is 4.99 Å². The Morgan fingerprint density at radius 3 is 2.59 bits per heavy atom. The van der Waals surface area contributed by atoms with E-state index in [1.807, 2.05) is 0 Å². The molecule has 0 spiro atoms. The molecule has 6 nitrogen and oxygen atoms in total. The highest BCUT2D eigenvalue weighted by Crippen LogP contribution is 2.07. The van der Waals surface area contributed by atoms with Gasteiger partial charge in [0.2, 0.25) is 0 Å². The summed E-state index contributed by atoms with van der Waals surface area (Å²) in [6.07, 6.45) is 8.11. The molecule has 0 amide bonds. The average Bonchev–Trinajstić information content (AvgIpc) is 2.49. The van der Waals surface area contributed by atoms with Crippen molar-refractivity contribution >= 4 is 24.2 Å². The van der Waals surface area contributed by atoms with Crippen LogP contribution < -0.4 is 5.73 Å². The largest absolute Gasteiger partial charge is 0.387 e.